The van der Waals surface area contributed by atoms with E-state index >= 15 is 0 Å². The first-order valence-electron chi connectivity index (χ1n) is 6.89. The van der Waals surface area contributed by atoms with Gasteiger partial charge in [0.25, 0.3) is 0 Å². The van der Waals surface area contributed by atoms with E-state index in [0.29, 0.717) is 12.6 Å². The highest BCUT2D eigenvalue weighted by molar-refractivity contribution is 7.10. The van der Waals surface area contributed by atoms with Crippen LogP contribution in [-0.2, 0) is 5.60 Å². The summed E-state index contributed by atoms with van der Waals surface area (Å²) in [5.74, 6) is 0. The SMILES string of the molecule is CC(O)(CNC1CCN(C2CC2)C1)c1cccs1. The molecule has 2 atom stereocenters. The Kier molecular flexibility index (Phi) is 3.45. The molecule has 1 aromatic rings. The molecule has 2 N–H and O–H groups in total. The van der Waals surface area contributed by atoms with Gasteiger partial charge in [-0.15, -0.1) is 11.3 Å². The monoisotopic (exact) mass is 266 g/mol. The molecule has 2 aliphatic rings. The first-order valence-corrected chi connectivity index (χ1v) is 7.77. The Hall–Kier alpha value is -0.420. The maximum atomic E-state index is 10.5. The lowest BCUT2D eigenvalue weighted by Crippen LogP contribution is -2.41. The molecule has 18 heavy (non-hydrogen) atoms. The van der Waals surface area contributed by atoms with E-state index in [1.54, 1.807) is 11.3 Å². The van der Waals surface area contributed by atoms with Crippen molar-refractivity contribution in [3.8, 4) is 0 Å². The number of nitrogens with zero attached hydrogens (tertiary/aromatic N) is 1. The van der Waals surface area contributed by atoms with Crippen molar-refractivity contribution in [3.05, 3.63) is 22.4 Å². The third-order valence-corrected chi connectivity index (χ3v) is 5.19. The van der Waals surface area contributed by atoms with Gasteiger partial charge < -0.3 is 10.4 Å². The number of likely N-dealkylation sites (tertiary alicyclic amines) is 1. The average molecular weight is 266 g/mol. The third-order valence-electron chi connectivity index (χ3n) is 4.07. The summed E-state index contributed by atoms with van der Waals surface area (Å²) in [6, 6.07) is 5.43. The molecule has 2 unspecified atom stereocenters. The highest BCUT2D eigenvalue weighted by Crippen LogP contribution is 2.30. The molecular formula is C14H22N2OS. The fraction of sp³-hybridized carbons (Fsp3) is 0.714. The minimum Gasteiger partial charge on any atom is -0.383 e. The second-order valence-electron chi connectivity index (χ2n) is 5.84. The molecule has 1 aliphatic heterocycles. The zero-order valence-corrected chi connectivity index (χ0v) is 11.7. The van der Waals surface area contributed by atoms with Crippen LogP contribution in [0.5, 0.6) is 0 Å². The summed E-state index contributed by atoms with van der Waals surface area (Å²) in [6.45, 7) is 4.94. The predicted molar refractivity (Wildman–Crippen MR) is 74.9 cm³/mol. The van der Waals surface area contributed by atoms with Crippen molar-refractivity contribution in [3.63, 3.8) is 0 Å². The van der Waals surface area contributed by atoms with E-state index in [1.807, 2.05) is 24.4 Å². The number of hydrogen-bond donors (Lipinski definition) is 2. The normalized spacial score (nSPS) is 28.4. The Morgan fingerprint density at radius 3 is 3.00 bits per heavy atom. The van der Waals surface area contributed by atoms with E-state index < -0.39 is 5.60 Å². The summed E-state index contributed by atoms with van der Waals surface area (Å²) in [7, 11) is 0. The van der Waals surface area contributed by atoms with Crippen molar-refractivity contribution in [1.29, 1.82) is 0 Å². The summed E-state index contributed by atoms with van der Waals surface area (Å²) in [5.41, 5.74) is -0.735. The number of hydrogen-bond acceptors (Lipinski definition) is 4. The van der Waals surface area contributed by atoms with Crippen LogP contribution in [0.1, 0.15) is 31.1 Å². The van der Waals surface area contributed by atoms with E-state index in [4.69, 9.17) is 0 Å². The molecule has 1 aromatic heterocycles. The summed E-state index contributed by atoms with van der Waals surface area (Å²) in [4.78, 5) is 3.64. The van der Waals surface area contributed by atoms with Gasteiger partial charge in [-0.25, -0.2) is 0 Å². The van der Waals surface area contributed by atoms with Crippen LogP contribution in [0.15, 0.2) is 17.5 Å². The van der Waals surface area contributed by atoms with Crippen LogP contribution in [0.3, 0.4) is 0 Å². The quantitative estimate of drug-likeness (QED) is 0.853. The van der Waals surface area contributed by atoms with E-state index in [1.165, 1.54) is 25.8 Å². The Bertz CT molecular complexity index is 387. The highest BCUT2D eigenvalue weighted by Gasteiger charge is 2.35. The topological polar surface area (TPSA) is 35.5 Å². The number of aliphatic hydroxyl groups is 1. The summed E-state index contributed by atoms with van der Waals surface area (Å²) in [5, 5.41) is 16.0. The first-order chi connectivity index (χ1) is 8.65. The lowest BCUT2D eigenvalue weighted by atomic mass is 10.0. The number of rotatable bonds is 5. The molecule has 100 valence electrons. The lowest BCUT2D eigenvalue weighted by molar-refractivity contribution is 0.0577. The van der Waals surface area contributed by atoms with Gasteiger partial charge in [0.2, 0.25) is 0 Å². The molecule has 3 nitrogen and oxygen atoms in total. The van der Waals surface area contributed by atoms with Gasteiger partial charge in [0.05, 0.1) is 0 Å². The molecule has 0 bridgehead atoms. The van der Waals surface area contributed by atoms with Crippen molar-refractivity contribution < 1.29 is 5.11 Å². The fourth-order valence-corrected chi connectivity index (χ4v) is 3.53. The van der Waals surface area contributed by atoms with Crippen molar-refractivity contribution in [2.75, 3.05) is 19.6 Å². The van der Waals surface area contributed by atoms with Gasteiger partial charge in [0, 0.05) is 36.6 Å². The van der Waals surface area contributed by atoms with Crippen molar-refractivity contribution >= 4 is 11.3 Å². The molecule has 4 heteroatoms. The molecule has 0 spiro atoms. The number of nitrogens with one attached hydrogen (secondary N) is 1. The highest BCUT2D eigenvalue weighted by atomic mass is 32.1. The van der Waals surface area contributed by atoms with Crippen LogP contribution in [0, 0.1) is 0 Å². The Morgan fingerprint density at radius 2 is 2.33 bits per heavy atom. The molecule has 0 aromatic carbocycles. The van der Waals surface area contributed by atoms with Crippen molar-refractivity contribution in [2.24, 2.45) is 0 Å². The van der Waals surface area contributed by atoms with Gasteiger partial charge in [-0.3, -0.25) is 4.90 Å². The second-order valence-corrected chi connectivity index (χ2v) is 6.79. The zero-order valence-electron chi connectivity index (χ0n) is 10.9. The summed E-state index contributed by atoms with van der Waals surface area (Å²) in [6.07, 6.45) is 4.00. The molecule has 1 aliphatic carbocycles. The molecule has 0 radical (unpaired) electrons. The van der Waals surface area contributed by atoms with Crippen LogP contribution < -0.4 is 5.32 Å². The van der Waals surface area contributed by atoms with E-state index in [2.05, 4.69) is 10.2 Å². The maximum absolute atomic E-state index is 10.5. The zero-order chi connectivity index (χ0) is 12.6. The summed E-state index contributed by atoms with van der Waals surface area (Å²) < 4.78 is 0. The molecule has 1 saturated carbocycles. The standard InChI is InChI=1S/C14H22N2OS/c1-14(17,13-3-2-8-18-13)10-15-11-6-7-16(9-11)12-4-5-12/h2-3,8,11-12,15,17H,4-7,9-10H2,1H3. The van der Waals surface area contributed by atoms with Crippen LogP contribution in [-0.4, -0.2) is 41.7 Å². The Morgan fingerprint density at radius 1 is 1.50 bits per heavy atom. The smallest absolute Gasteiger partial charge is 0.108 e. The minimum absolute atomic E-state index is 0.553. The van der Waals surface area contributed by atoms with Crippen molar-refractivity contribution in [2.45, 2.75) is 43.9 Å². The molecule has 0 amide bonds. The summed E-state index contributed by atoms with van der Waals surface area (Å²) >= 11 is 1.63. The average Bonchev–Trinajstić information content (AvgIpc) is 2.88. The number of thiophene rings is 1. The van der Waals surface area contributed by atoms with Crippen LogP contribution in [0.25, 0.3) is 0 Å². The first kappa shape index (κ1) is 12.6. The van der Waals surface area contributed by atoms with Gasteiger partial charge in [-0.1, -0.05) is 6.07 Å². The minimum atomic E-state index is -0.735. The van der Waals surface area contributed by atoms with Crippen LogP contribution >= 0.6 is 11.3 Å². The Balaban J connectivity index is 1.49. The third kappa shape index (κ3) is 2.77. The van der Waals surface area contributed by atoms with Gasteiger partial charge in [-0.05, 0) is 37.6 Å². The van der Waals surface area contributed by atoms with Gasteiger partial charge >= 0.3 is 0 Å². The van der Waals surface area contributed by atoms with Gasteiger partial charge in [-0.2, -0.15) is 0 Å². The van der Waals surface area contributed by atoms with E-state index in [9.17, 15) is 5.11 Å². The molecule has 2 heterocycles. The molecule has 2 fully saturated rings. The molecular weight excluding hydrogens is 244 g/mol. The van der Waals surface area contributed by atoms with Gasteiger partial charge in [0.15, 0.2) is 0 Å². The lowest BCUT2D eigenvalue weighted by Gasteiger charge is -2.25. The van der Waals surface area contributed by atoms with Crippen molar-refractivity contribution in [1.82, 2.24) is 10.2 Å². The van der Waals surface area contributed by atoms with E-state index in [-0.39, 0.29) is 0 Å². The molecule has 3 rings (SSSR count). The molecule has 1 saturated heterocycles. The second kappa shape index (κ2) is 4.93. The Labute approximate surface area is 113 Å². The van der Waals surface area contributed by atoms with Crippen LogP contribution in [0.4, 0.5) is 0 Å². The predicted octanol–water partition coefficient (Wildman–Crippen LogP) is 1.78. The van der Waals surface area contributed by atoms with Crippen LogP contribution in [0.2, 0.25) is 0 Å². The largest absolute Gasteiger partial charge is 0.383 e. The van der Waals surface area contributed by atoms with Gasteiger partial charge in [0.1, 0.15) is 5.60 Å². The van der Waals surface area contributed by atoms with E-state index in [0.717, 1.165) is 17.5 Å². The fourth-order valence-electron chi connectivity index (χ4n) is 2.74. The maximum Gasteiger partial charge on any atom is 0.108 e.